The van der Waals surface area contributed by atoms with E-state index in [4.69, 9.17) is 0 Å². The highest BCUT2D eigenvalue weighted by Gasteiger charge is 2.15. The minimum Gasteiger partial charge on any atom is -0.508 e. The van der Waals surface area contributed by atoms with E-state index in [1.54, 1.807) is 30.3 Å². The highest BCUT2D eigenvalue weighted by Crippen LogP contribution is 2.20. The summed E-state index contributed by atoms with van der Waals surface area (Å²) in [5.41, 5.74) is 3.05. The second kappa shape index (κ2) is 7.77. The van der Waals surface area contributed by atoms with Gasteiger partial charge in [-0.2, -0.15) is 5.10 Å². The van der Waals surface area contributed by atoms with Crippen LogP contribution in [0, 0.1) is 0 Å². The van der Waals surface area contributed by atoms with Crippen molar-refractivity contribution in [2.45, 2.75) is 13.0 Å². The van der Waals surface area contributed by atoms with Crippen molar-refractivity contribution in [3.05, 3.63) is 59.7 Å². The number of hydrogen-bond acceptors (Lipinski definition) is 5. The van der Waals surface area contributed by atoms with Crippen LogP contribution in [-0.2, 0) is 4.79 Å². The van der Waals surface area contributed by atoms with E-state index in [-0.39, 0.29) is 17.4 Å². The van der Waals surface area contributed by atoms with E-state index in [0.717, 1.165) is 6.07 Å². The molecular weight excluding hydrogens is 310 g/mol. The van der Waals surface area contributed by atoms with Crippen LogP contribution in [0.1, 0.15) is 22.8 Å². The molecule has 0 aromatic heterocycles. The fraction of sp³-hybridized carbons (Fsp3) is 0.118. The molecule has 2 aromatic carbocycles. The number of hydrogen-bond donors (Lipinski definition) is 4. The standard InChI is InChI=1S/C17H17N3O4/c1-11(19-17(24)12-5-3-2-4-6-12)16(23)20-18-10-13-7-8-14(21)9-15(13)22/h2-11,21-22H,1H3,(H,19,24)(H,20,23)/t11-/m0/s1. The molecule has 0 bridgehead atoms. The Labute approximate surface area is 138 Å². The maximum absolute atomic E-state index is 11.9. The second-order valence-electron chi connectivity index (χ2n) is 5.04. The first-order valence-electron chi connectivity index (χ1n) is 7.18. The van der Waals surface area contributed by atoms with E-state index >= 15 is 0 Å². The number of aromatic hydroxyl groups is 2. The summed E-state index contributed by atoms with van der Waals surface area (Å²) in [7, 11) is 0. The molecule has 2 aromatic rings. The summed E-state index contributed by atoms with van der Waals surface area (Å²) in [5.74, 6) is -1.11. The Morgan fingerprint density at radius 3 is 2.50 bits per heavy atom. The fourth-order valence-electron chi connectivity index (χ4n) is 1.84. The van der Waals surface area contributed by atoms with Crippen LogP contribution in [0.3, 0.4) is 0 Å². The highest BCUT2D eigenvalue weighted by molar-refractivity contribution is 5.97. The second-order valence-corrected chi connectivity index (χ2v) is 5.04. The van der Waals surface area contributed by atoms with Crippen molar-refractivity contribution in [2.75, 3.05) is 0 Å². The normalized spacial score (nSPS) is 11.9. The molecule has 0 spiro atoms. The highest BCUT2D eigenvalue weighted by atomic mass is 16.3. The SMILES string of the molecule is C[C@H](NC(=O)c1ccccc1)C(=O)NN=Cc1ccc(O)cc1O. The molecule has 2 rings (SSSR count). The summed E-state index contributed by atoms with van der Waals surface area (Å²) >= 11 is 0. The summed E-state index contributed by atoms with van der Waals surface area (Å²) in [6, 6.07) is 11.7. The first-order chi connectivity index (χ1) is 11.5. The molecule has 7 heteroatoms. The monoisotopic (exact) mass is 327 g/mol. The number of carbonyl (C=O) groups excluding carboxylic acids is 2. The number of phenols is 2. The van der Waals surface area contributed by atoms with Gasteiger partial charge in [0.2, 0.25) is 0 Å². The number of rotatable bonds is 5. The number of phenolic OH excluding ortho intramolecular Hbond substituents is 2. The van der Waals surface area contributed by atoms with Gasteiger partial charge in [-0.3, -0.25) is 9.59 Å². The maximum atomic E-state index is 11.9. The van der Waals surface area contributed by atoms with E-state index in [1.807, 2.05) is 0 Å². The number of amides is 2. The third kappa shape index (κ3) is 4.57. The van der Waals surface area contributed by atoms with Crippen LogP contribution in [0.2, 0.25) is 0 Å². The van der Waals surface area contributed by atoms with E-state index in [1.165, 1.54) is 25.3 Å². The lowest BCUT2D eigenvalue weighted by Gasteiger charge is -2.12. The number of carbonyl (C=O) groups is 2. The quantitative estimate of drug-likeness (QED) is 0.491. The summed E-state index contributed by atoms with van der Waals surface area (Å²) in [6.07, 6.45) is 1.23. The van der Waals surface area contributed by atoms with Crippen molar-refractivity contribution in [2.24, 2.45) is 5.10 Å². The molecule has 0 saturated heterocycles. The lowest BCUT2D eigenvalue weighted by molar-refractivity contribution is -0.122. The van der Waals surface area contributed by atoms with E-state index in [9.17, 15) is 19.8 Å². The van der Waals surface area contributed by atoms with Gasteiger partial charge in [-0.15, -0.1) is 0 Å². The predicted molar refractivity (Wildman–Crippen MR) is 88.9 cm³/mol. The molecule has 0 fully saturated rings. The topological polar surface area (TPSA) is 111 Å². The van der Waals surface area contributed by atoms with Crippen molar-refractivity contribution in [1.82, 2.24) is 10.7 Å². The van der Waals surface area contributed by atoms with Crippen LogP contribution in [-0.4, -0.2) is 34.3 Å². The number of nitrogens with one attached hydrogen (secondary N) is 2. The molecule has 124 valence electrons. The third-order valence-electron chi connectivity index (χ3n) is 3.17. The molecular formula is C17H17N3O4. The third-order valence-corrected chi connectivity index (χ3v) is 3.17. The zero-order valence-corrected chi connectivity index (χ0v) is 12.9. The van der Waals surface area contributed by atoms with Crippen molar-refractivity contribution in [1.29, 1.82) is 0 Å². The lowest BCUT2D eigenvalue weighted by Crippen LogP contribution is -2.43. The van der Waals surface area contributed by atoms with Crippen molar-refractivity contribution < 1.29 is 19.8 Å². The zero-order valence-electron chi connectivity index (χ0n) is 12.9. The van der Waals surface area contributed by atoms with Crippen molar-refractivity contribution in [3.63, 3.8) is 0 Å². The molecule has 0 unspecified atom stereocenters. The molecule has 24 heavy (non-hydrogen) atoms. The van der Waals surface area contributed by atoms with E-state index in [2.05, 4.69) is 15.8 Å². The van der Waals surface area contributed by atoms with Gasteiger partial charge < -0.3 is 15.5 Å². The van der Waals surface area contributed by atoms with Crippen LogP contribution in [0.5, 0.6) is 11.5 Å². The molecule has 0 radical (unpaired) electrons. The lowest BCUT2D eigenvalue weighted by atomic mass is 10.2. The van der Waals surface area contributed by atoms with Crippen molar-refractivity contribution >= 4 is 18.0 Å². The molecule has 0 aliphatic rings. The van der Waals surface area contributed by atoms with Crippen LogP contribution in [0.4, 0.5) is 0 Å². The molecule has 4 N–H and O–H groups in total. The average Bonchev–Trinajstić information content (AvgIpc) is 2.57. The zero-order chi connectivity index (χ0) is 17.5. The summed E-state index contributed by atoms with van der Waals surface area (Å²) in [6.45, 7) is 1.53. The molecule has 0 aliphatic heterocycles. The molecule has 1 atom stereocenters. The summed E-state index contributed by atoms with van der Waals surface area (Å²) < 4.78 is 0. The van der Waals surface area contributed by atoms with Crippen LogP contribution >= 0.6 is 0 Å². The summed E-state index contributed by atoms with van der Waals surface area (Å²) in [5, 5.41) is 25.0. The number of benzene rings is 2. The summed E-state index contributed by atoms with van der Waals surface area (Å²) in [4.78, 5) is 23.8. The fourth-order valence-corrected chi connectivity index (χ4v) is 1.84. The smallest absolute Gasteiger partial charge is 0.262 e. The Morgan fingerprint density at radius 2 is 1.83 bits per heavy atom. The Kier molecular flexibility index (Phi) is 5.51. The Hall–Kier alpha value is -3.35. The predicted octanol–water partition coefficient (Wildman–Crippen LogP) is 1.37. The van der Waals surface area contributed by atoms with Gasteiger partial charge >= 0.3 is 0 Å². The largest absolute Gasteiger partial charge is 0.508 e. The average molecular weight is 327 g/mol. The molecule has 0 saturated carbocycles. The van der Waals surface area contributed by atoms with Crippen molar-refractivity contribution in [3.8, 4) is 11.5 Å². The van der Waals surface area contributed by atoms with Crippen LogP contribution in [0.15, 0.2) is 53.6 Å². The van der Waals surface area contributed by atoms with Gasteiger partial charge in [-0.05, 0) is 31.2 Å². The van der Waals surface area contributed by atoms with Gasteiger partial charge in [-0.25, -0.2) is 5.43 Å². The minimum absolute atomic E-state index is 0.0778. The molecule has 0 aliphatic carbocycles. The van der Waals surface area contributed by atoms with Crippen LogP contribution in [0.25, 0.3) is 0 Å². The Balaban J connectivity index is 1.89. The minimum atomic E-state index is -0.789. The van der Waals surface area contributed by atoms with E-state index < -0.39 is 11.9 Å². The van der Waals surface area contributed by atoms with Gasteiger partial charge in [0.25, 0.3) is 11.8 Å². The maximum Gasteiger partial charge on any atom is 0.262 e. The molecule has 2 amide bonds. The van der Waals surface area contributed by atoms with Gasteiger partial charge in [0.05, 0.1) is 6.21 Å². The number of hydrazone groups is 1. The first-order valence-corrected chi connectivity index (χ1v) is 7.18. The molecule has 0 heterocycles. The van der Waals surface area contributed by atoms with Crippen LogP contribution < -0.4 is 10.7 Å². The Bertz CT molecular complexity index is 760. The Morgan fingerprint density at radius 1 is 1.12 bits per heavy atom. The number of nitrogens with zero attached hydrogens (tertiary/aromatic N) is 1. The van der Waals surface area contributed by atoms with Gasteiger partial charge in [0.15, 0.2) is 0 Å². The molecule has 7 nitrogen and oxygen atoms in total. The first kappa shape index (κ1) is 17.0. The van der Waals surface area contributed by atoms with E-state index in [0.29, 0.717) is 11.1 Å². The van der Waals surface area contributed by atoms with Gasteiger partial charge in [0.1, 0.15) is 17.5 Å². The van der Waals surface area contributed by atoms with Gasteiger partial charge in [0, 0.05) is 17.2 Å². The van der Waals surface area contributed by atoms with Gasteiger partial charge in [-0.1, -0.05) is 18.2 Å².